The van der Waals surface area contributed by atoms with Crippen LogP contribution in [0.5, 0.6) is 0 Å². The average Bonchev–Trinajstić information content (AvgIpc) is 2.54. The molecule has 110 valence electrons. The maximum atomic E-state index is 12.0. The molecular formula is C16H17NO4. The van der Waals surface area contributed by atoms with Gasteiger partial charge in [-0.2, -0.15) is 0 Å². The number of carbonyl (C=O) groups is 3. The molecule has 3 rings (SSSR count). The summed E-state index contributed by atoms with van der Waals surface area (Å²) in [5.74, 6) is 0.0644. The molecular weight excluding hydrogens is 270 g/mol. The van der Waals surface area contributed by atoms with E-state index in [9.17, 15) is 14.4 Å². The fourth-order valence-corrected chi connectivity index (χ4v) is 2.97. The van der Waals surface area contributed by atoms with Crippen LogP contribution in [0, 0.1) is 5.41 Å². The van der Waals surface area contributed by atoms with E-state index in [1.54, 1.807) is 4.90 Å². The lowest BCUT2D eigenvalue weighted by atomic mass is 9.61. The zero-order valence-corrected chi connectivity index (χ0v) is 11.7. The summed E-state index contributed by atoms with van der Waals surface area (Å²) < 4.78 is 5.26. The molecule has 0 atom stereocenters. The lowest BCUT2D eigenvalue weighted by Gasteiger charge is -2.44. The van der Waals surface area contributed by atoms with Crippen molar-refractivity contribution in [3.05, 3.63) is 35.9 Å². The summed E-state index contributed by atoms with van der Waals surface area (Å²) in [5, 5.41) is 0. The Labute approximate surface area is 122 Å². The molecule has 1 aromatic rings. The van der Waals surface area contributed by atoms with Crippen LogP contribution in [0.15, 0.2) is 30.3 Å². The summed E-state index contributed by atoms with van der Waals surface area (Å²) in [4.78, 5) is 36.9. The van der Waals surface area contributed by atoms with E-state index in [1.165, 1.54) is 0 Å². The van der Waals surface area contributed by atoms with Gasteiger partial charge in [0.05, 0.1) is 11.8 Å². The minimum atomic E-state index is -0.782. The second kappa shape index (κ2) is 5.31. The van der Waals surface area contributed by atoms with Gasteiger partial charge in [0.2, 0.25) is 0 Å². The molecule has 1 aromatic carbocycles. The average molecular weight is 287 g/mol. The third-order valence-electron chi connectivity index (χ3n) is 4.47. The normalized spacial score (nSPS) is 20.3. The van der Waals surface area contributed by atoms with Crippen LogP contribution in [0.2, 0.25) is 0 Å². The zero-order chi connectivity index (χ0) is 14.9. The molecule has 1 heterocycles. The number of rotatable bonds is 2. The van der Waals surface area contributed by atoms with Crippen LogP contribution >= 0.6 is 0 Å². The lowest BCUT2D eigenvalue weighted by molar-refractivity contribution is -0.156. The van der Waals surface area contributed by atoms with Gasteiger partial charge in [-0.3, -0.25) is 9.59 Å². The van der Waals surface area contributed by atoms with Crippen molar-refractivity contribution in [2.24, 2.45) is 5.41 Å². The van der Waals surface area contributed by atoms with Gasteiger partial charge in [0.15, 0.2) is 11.6 Å². The summed E-state index contributed by atoms with van der Waals surface area (Å²) >= 11 is 0. The van der Waals surface area contributed by atoms with E-state index in [1.807, 2.05) is 30.3 Å². The molecule has 0 bridgehead atoms. The Kier molecular flexibility index (Phi) is 3.49. The minimum Gasteiger partial charge on any atom is -0.445 e. The molecule has 21 heavy (non-hydrogen) atoms. The number of piperidine rings is 1. The Bertz CT molecular complexity index is 557. The predicted molar refractivity (Wildman–Crippen MR) is 74.5 cm³/mol. The minimum absolute atomic E-state index is 0.0322. The molecule has 5 nitrogen and oxygen atoms in total. The van der Waals surface area contributed by atoms with Crippen molar-refractivity contribution in [1.29, 1.82) is 0 Å². The van der Waals surface area contributed by atoms with Crippen LogP contribution < -0.4 is 0 Å². The monoisotopic (exact) mass is 287 g/mol. The summed E-state index contributed by atoms with van der Waals surface area (Å²) in [6.45, 7) is 1.05. The first kappa shape index (κ1) is 13.8. The predicted octanol–water partition coefficient (Wildman–Crippen LogP) is 1.95. The maximum absolute atomic E-state index is 12.0. The van der Waals surface area contributed by atoms with E-state index in [0.717, 1.165) is 5.56 Å². The van der Waals surface area contributed by atoms with Gasteiger partial charge in [0.1, 0.15) is 6.61 Å². The van der Waals surface area contributed by atoms with Crippen LogP contribution in [0.4, 0.5) is 4.79 Å². The van der Waals surface area contributed by atoms with E-state index in [0.29, 0.717) is 25.9 Å². The Balaban J connectivity index is 1.51. The first-order valence-electron chi connectivity index (χ1n) is 7.14. The number of hydrogen-bond acceptors (Lipinski definition) is 4. The number of benzene rings is 1. The molecule has 1 aliphatic heterocycles. The van der Waals surface area contributed by atoms with Gasteiger partial charge in [-0.1, -0.05) is 30.3 Å². The fourth-order valence-electron chi connectivity index (χ4n) is 2.97. The molecule has 0 aromatic heterocycles. The van der Waals surface area contributed by atoms with Crippen LogP contribution in [0.1, 0.15) is 24.8 Å². The molecule has 5 heteroatoms. The van der Waals surface area contributed by atoms with Crippen molar-refractivity contribution in [2.45, 2.75) is 25.9 Å². The first-order valence-corrected chi connectivity index (χ1v) is 7.14. The van der Waals surface area contributed by atoms with Crippen molar-refractivity contribution in [3.8, 4) is 0 Å². The first-order chi connectivity index (χ1) is 10.1. The molecule has 0 unspecified atom stereocenters. The number of ether oxygens (including phenoxy) is 1. The van der Waals surface area contributed by atoms with E-state index in [4.69, 9.17) is 4.74 Å². The van der Waals surface area contributed by atoms with E-state index >= 15 is 0 Å². The highest BCUT2D eigenvalue weighted by Crippen LogP contribution is 2.42. The van der Waals surface area contributed by atoms with Gasteiger partial charge in [-0.15, -0.1) is 0 Å². The van der Waals surface area contributed by atoms with Crippen molar-refractivity contribution in [3.63, 3.8) is 0 Å². The maximum Gasteiger partial charge on any atom is 0.410 e. The van der Waals surface area contributed by atoms with Crippen molar-refractivity contribution >= 4 is 17.7 Å². The quantitative estimate of drug-likeness (QED) is 0.780. The van der Waals surface area contributed by atoms with Gasteiger partial charge < -0.3 is 9.64 Å². The number of likely N-dealkylation sites (tertiary alicyclic amines) is 1. The number of amides is 1. The topological polar surface area (TPSA) is 63.7 Å². The second-order valence-electron chi connectivity index (χ2n) is 5.63. The highest BCUT2D eigenvalue weighted by atomic mass is 16.6. The van der Waals surface area contributed by atoms with E-state index < -0.39 is 5.41 Å². The molecule has 1 amide bonds. The Hall–Kier alpha value is -2.17. The Morgan fingerprint density at radius 1 is 1.10 bits per heavy atom. The Morgan fingerprint density at radius 2 is 1.71 bits per heavy atom. The van der Waals surface area contributed by atoms with Crippen molar-refractivity contribution in [1.82, 2.24) is 4.90 Å². The second-order valence-corrected chi connectivity index (χ2v) is 5.63. The zero-order valence-electron chi connectivity index (χ0n) is 11.7. The molecule has 1 spiro atoms. The van der Waals surface area contributed by atoms with Crippen LogP contribution in [-0.2, 0) is 20.9 Å². The van der Waals surface area contributed by atoms with Gasteiger partial charge >= 0.3 is 6.09 Å². The van der Waals surface area contributed by atoms with Crippen LogP contribution in [0.3, 0.4) is 0 Å². The molecule has 1 aliphatic carbocycles. The lowest BCUT2D eigenvalue weighted by Crippen LogP contribution is -2.57. The van der Waals surface area contributed by atoms with Gasteiger partial charge in [-0.25, -0.2) is 4.79 Å². The standard InChI is InChI=1S/C16H17NO4/c18-13-10-14(19)16(13)6-8-17(9-7-16)15(20)21-11-12-4-2-1-3-5-12/h1-5H,6-11H2. The molecule has 1 saturated heterocycles. The highest BCUT2D eigenvalue weighted by Gasteiger charge is 2.55. The van der Waals surface area contributed by atoms with E-state index in [2.05, 4.69) is 0 Å². The molecule has 1 saturated carbocycles. The van der Waals surface area contributed by atoms with Crippen molar-refractivity contribution in [2.75, 3.05) is 13.1 Å². The fraction of sp³-hybridized carbons (Fsp3) is 0.438. The number of Topliss-reactive ketones (excluding diaryl/α,β-unsaturated/α-hetero) is 2. The summed E-state index contributed by atoms with van der Waals surface area (Å²) in [5.41, 5.74) is 0.152. The number of ketones is 2. The van der Waals surface area contributed by atoms with E-state index in [-0.39, 0.29) is 30.7 Å². The number of hydrogen-bond donors (Lipinski definition) is 0. The summed E-state index contributed by atoms with van der Waals surface area (Å²) in [6.07, 6.45) is 0.558. The third-order valence-corrected chi connectivity index (χ3v) is 4.47. The molecule has 2 fully saturated rings. The molecule has 0 N–H and O–H groups in total. The largest absolute Gasteiger partial charge is 0.445 e. The van der Waals surface area contributed by atoms with Gasteiger partial charge in [0, 0.05) is 13.1 Å². The molecule has 0 radical (unpaired) electrons. The van der Waals surface area contributed by atoms with Gasteiger partial charge in [0.25, 0.3) is 0 Å². The Morgan fingerprint density at radius 3 is 2.29 bits per heavy atom. The highest BCUT2D eigenvalue weighted by molar-refractivity contribution is 6.25. The third kappa shape index (κ3) is 2.44. The smallest absolute Gasteiger partial charge is 0.410 e. The summed E-state index contributed by atoms with van der Waals surface area (Å²) in [6, 6.07) is 9.47. The van der Waals surface area contributed by atoms with Crippen LogP contribution in [0.25, 0.3) is 0 Å². The summed E-state index contributed by atoms with van der Waals surface area (Å²) in [7, 11) is 0. The molecule has 2 aliphatic rings. The number of nitrogens with zero attached hydrogens (tertiary/aromatic N) is 1. The number of carbonyl (C=O) groups excluding carboxylic acids is 3. The van der Waals surface area contributed by atoms with Gasteiger partial charge in [-0.05, 0) is 18.4 Å². The SMILES string of the molecule is O=C(OCc1ccccc1)N1CCC2(CC1)C(=O)CC2=O. The van der Waals surface area contributed by atoms with Crippen LogP contribution in [-0.4, -0.2) is 35.6 Å². The van der Waals surface area contributed by atoms with Crippen molar-refractivity contribution < 1.29 is 19.1 Å².